The number of ether oxygens (including phenoxy) is 3. The third-order valence-corrected chi connectivity index (χ3v) is 5.30. The highest BCUT2D eigenvalue weighted by Crippen LogP contribution is 2.33. The van der Waals surface area contributed by atoms with Crippen LogP contribution in [0.3, 0.4) is 0 Å². The fourth-order valence-electron chi connectivity index (χ4n) is 2.35. The highest BCUT2D eigenvalue weighted by Gasteiger charge is 2.12. The van der Waals surface area contributed by atoms with E-state index in [9.17, 15) is 4.79 Å². The molecule has 0 fully saturated rings. The lowest BCUT2D eigenvalue weighted by Gasteiger charge is -2.08. The molecular formula is C19H16BrClN2O4S. The zero-order valence-electron chi connectivity index (χ0n) is 15.0. The van der Waals surface area contributed by atoms with Crippen molar-refractivity contribution in [3.8, 4) is 28.5 Å². The molecule has 0 aliphatic carbocycles. The van der Waals surface area contributed by atoms with E-state index in [0.29, 0.717) is 31.9 Å². The van der Waals surface area contributed by atoms with Crippen LogP contribution in [0.25, 0.3) is 11.3 Å². The Morgan fingerprint density at radius 1 is 1.14 bits per heavy atom. The van der Waals surface area contributed by atoms with Crippen LogP contribution < -0.4 is 19.5 Å². The molecule has 0 aliphatic heterocycles. The number of aromatic nitrogens is 1. The van der Waals surface area contributed by atoms with Crippen LogP contribution in [0.2, 0.25) is 5.02 Å². The minimum absolute atomic E-state index is 0.147. The fourth-order valence-corrected chi connectivity index (χ4v) is 3.88. The topological polar surface area (TPSA) is 69.7 Å². The van der Waals surface area contributed by atoms with E-state index in [0.717, 1.165) is 11.3 Å². The largest absolute Gasteiger partial charge is 0.493 e. The van der Waals surface area contributed by atoms with Crippen molar-refractivity contribution in [3.05, 3.63) is 51.3 Å². The first-order chi connectivity index (χ1) is 13.5. The highest BCUT2D eigenvalue weighted by molar-refractivity contribution is 9.10. The van der Waals surface area contributed by atoms with Crippen LogP contribution in [0.4, 0.5) is 5.13 Å². The van der Waals surface area contributed by atoms with Gasteiger partial charge in [0.15, 0.2) is 23.2 Å². The third-order valence-electron chi connectivity index (χ3n) is 3.68. The lowest BCUT2D eigenvalue weighted by Crippen LogP contribution is -2.20. The number of benzene rings is 2. The Morgan fingerprint density at radius 3 is 2.61 bits per heavy atom. The molecule has 0 atom stereocenters. The molecular weight excluding hydrogens is 468 g/mol. The number of hydrogen-bond acceptors (Lipinski definition) is 6. The number of rotatable bonds is 7. The summed E-state index contributed by atoms with van der Waals surface area (Å²) in [5.74, 6) is 1.47. The average molecular weight is 484 g/mol. The maximum Gasteiger partial charge on any atom is 0.264 e. The quantitative estimate of drug-likeness (QED) is 0.496. The zero-order valence-corrected chi connectivity index (χ0v) is 18.2. The third kappa shape index (κ3) is 4.95. The molecule has 0 spiro atoms. The molecule has 0 saturated carbocycles. The van der Waals surface area contributed by atoms with Gasteiger partial charge in [0.1, 0.15) is 5.75 Å². The van der Waals surface area contributed by atoms with Crippen molar-refractivity contribution >= 4 is 49.9 Å². The minimum atomic E-state index is -0.310. The molecule has 0 unspecified atom stereocenters. The van der Waals surface area contributed by atoms with Crippen molar-refractivity contribution in [3.63, 3.8) is 0 Å². The van der Waals surface area contributed by atoms with Gasteiger partial charge in [0, 0.05) is 16.0 Å². The van der Waals surface area contributed by atoms with Gasteiger partial charge in [-0.2, -0.15) is 0 Å². The van der Waals surface area contributed by atoms with Crippen molar-refractivity contribution in [1.82, 2.24) is 4.98 Å². The van der Waals surface area contributed by atoms with Crippen molar-refractivity contribution in [2.45, 2.75) is 0 Å². The van der Waals surface area contributed by atoms with E-state index in [-0.39, 0.29) is 12.5 Å². The van der Waals surface area contributed by atoms with Crippen LogP contribution in [0, 0.1) is 0 Å². The lowest BCUT2D eigenvalue weighted by molar-refractivity contribution is -0.118. The standard InChI is InChI=1S/C19H16BrClN2O4S/c1-25-16-5-3-11(7-17(16)26-2)14-10-28-19(22-14)23-18(24)9-27-15-6-4-12(21)8-13(15)20/h3-8,10H,9H2,1-2H3,(H,22,23,24). The van der Waals surface area contributed by atoms with Crippen molar-refractivity contribution < 1.29 is 19.0 Å². The van der Waals surface area contributed by atoms with Crippen molar-refractivity contribution in [2.75, 3.05) is 26.1 Å². The van der Waals surface area contributed by atoms with Crippen LogP contribution in [-0.4, -0.2) is 31.7 Å². The Labute approximate surface area is 179 Å². The molecule has 0 bridgehead atoms. The normalized spacial score (nSPS) is 10.4. The van der Waals surface area contributed by atoms with Crippen LogP contribution in [0.15, 0.2) is 46.3 Å². The smallest absolute Gasteiger partial charge is 0.264 e. The second kappa shape index (κ2) is 9.27. The molecule has 1 N–H and O–H groups in total. The number of amides is 1. The molecule has 0 aliphatic rings. The van der Waals surface area contributed by atoms with Gasteiger partial charge in [-0.05, 0) is 52.3 Å². The number of nitrogens with zero attached hydrogens (tertiary/aromatic N) is 1. The number of halogens is 2. The number of hydrogen-bond donors (Lipinski definition) is 1. The van der Waals surface area contributed by atoms with E-state index in [2.05, 4.69) is 26.2 Å². The van der Waals surface area contributed by atoms with Gasteiger partial charge in [-0.15, -0.1) is 11.3 Å². The molecule has 9 heteroatoms. The summed E-state index contributed by atoms with van der Waals surface area (Å²) in [4.78, 5) is 16.6. The Kier molecular flexibility index (Phi) is 6.77. The number of nitrogens with one attached hydrogen (secondary N) is 1. The number of carbonyl (C=O) groups is 1. The summed E-state index contributed by atoms with van der Waals surface area (Å²) < 4.78 is 16.7. The molecule has 2 aromatic carbocycles. The monoisotopic (exact) mass is 482 g/mol. The molecule has 28 heavy (non-hydrogen) atoms. The predicted molar refractivity (Wildman–Crippen MR) is 114 cm³/mol. The molecule has 146 valence electrons. The Morgan fingerprint density at radius 2 is 1.89 bits per heavy atom. The fraction of sp³-hybridized carbons (Fsp3) is 0.158. The molecule has 1 amide bonds. The van der Waals surface area contributed by atoms with E-state index in [1.807, 2.05) is 23.6 Å². The van der Waals surface area contributed by atoms with Gasteiger partial charge >= 0.3 is 0 Å². The van der Waals surface area contributed by atoms with Gasteiger partial charge in [0.05, 0.1) is 24.4 Å². The second-order valence-corrected chi connectivity index (χ2v) is 7.67. The van der Waals surface area contributed by atoms with Crippen LogP contribution in [0.5, 0.6) is 17.2 Å². The maximum atomic E-state index is 12.1. The van der Waals surface area contributed by atoms with Gasteiger partial charge in [0.25, 0.3) is 5.91 Å². The first-order valence-corrected chi connectivity index (χ1v) is 10.1. The number of anilines is 1. The van der Waals surface area contributed by atoms with Crippen molar-refractivity contribution in [2.24, 2.45) is 0 Å². The van der Waals surface area contributed by atoms with E-state index < -0.39 is 0 Å². The second-order valence-electron chi connectivity index (χ2n) is 5.52. The lowest BCUT2D eigenvalue weighted by atomic mass is 10.1. The van der Waals surface area contributed by atoms with E-state index in [4.69, 9.17) is 25.8 Å². The Balaban J connectivity index is 1.63. The van der Waals surface area contributed by atoms with Crippen LogP contribution in [-0.2, 0) is 4.79 Å². The summed E-state index contributed by atoms with van der Waals surface area (Å²) in [7, 11) is 3.16. The van der Waals surface area contributed by atoms with Gasteiger partial charge in [-0.25, -0.2) is 4.98 Å². The van der Waals surface area contributed by atoms with Crippen LogP contribution >= 0.6 is 38.9 Å². The molecule has 6 nitrogen and oxygen atoms in total. The molecule has 3 aromatic rings. The van der Waals surface area contributed by atoms with Crippen LogP contribution in [0.1, 0.15) is 0 Å². The summed E-state index contributed by atoms with van der Waals surface area (Å²) >= 11 is 10.6. The molecule has 0 radical (unpaired) electrons. The van der Waals surface area contributed by atoms with Gasteiger partial charge in [-0.3, -0.25) is 10.1 Å². The number of methoxy groups -OCH3 is 2. The molecule has 3 rings (SSSR count). The Hall–Kier alpha value is -2.29. The minimum Gasteiger partial charge on any atom is -0.493 e. The summed E-state index contributed by atoms with van der Waals surface area (Å²) in [5, 5.41) is 5.64. The molecule has 1 aromatic heterocycles. The summed E-state index contributed by atoms with van der Waals surface area (Å²) in [6, 6.07) is 10.6. The Bertz CT molecular complexity index is 996. The number of carbonyl (C=O) groups excluding carboxylic acids is 1. The number of thiazole rings is 1. The maximum absolute atomic E-state index is 12.1. The summed E-state index contributed by atoms with van der Waals surface area (Å²) in [5.41, 5.74) is 1.58. The van der Waals surface area contributed by atoms with Crippen molar-refractivity contribution in [1.29, 1.82) is 0 Å². The van der Waals surface area contributed by atoms with E-state index in [1.165, 1.54) is 11.3 Å². The van der Waals surface area contributed by atoms with Gasteiger partial charge < -0.3 is 14.2 Å². The SMILES string of the molecule is COc1ccc(-c2csc(NC(=O)COc3ccc(Cl)cc3Br)n2)cc1OC. The molecule has 0 saturated heterocycles. The predicted octanol–water partition coefficient (Wildman–Crippen LogP) is 5.26. The molecule has 1 heterocycles. The van der Waals surface area contributed by atoms with E-state index >= 15 is 0 Å². The highest BCUT2D eigenvalue weighted by atomic mass is 79.9. The summed E-state index contributed by atoms with van der Waals surface area (Å²) in [6.07, 6.45) is 0. The summed E-state index contributed by atoms with van der Waals surface area (Å²) in [6.45, 7) is -0.147. The van der Waals surface area contributed by atoms with Gasteiger partial charge in [0.2, 0.25) is 0 Å². The average Bonchev–Trinajstić information content (AvgIpc) is 3.15. The van der Waals surface area contributed by atoms with E-state index in [1.54, 1.807) is 32.4 Å². The van der Waals surface area contributed by atoms with Gasteiger partial charge in [-0.1, -0.05) is 11.6 Å². The first kappa shape index (κ1) is 20.4. The first-order valence-electron chi connectivity index (χ1n) is 8.05. The zero-order chi connectivity index (χ0) is 20.1.